The number of nitrogens with one attached hydrogen (secondary N) is 1. The fourth-order valence-corrected chi connectivity index (χ4v) is 4.06. The highest BCUT2D eigenvalue weighted by Crippen LogP contribution is 2.31. The topological polar surface area (TPSA) is 63.6 Å². The smallest absolute Gasteiger partial charge is 0.270 e. The summed E-state index contributed by atoms with van der Waals surface area (Å²) >= 11 is 5.26. The number of aryl methyl sites for hydroxylation is 1. The lowest BCUT2D eigenvalue weighted by Crippen LogP contribution is -2.54. The molecule has 2 amide bonds. The summed E-state index contributed by atoms with van der Waals surface area (Å²) in [5.74, 6) is -1.09. The van der Waals surface area contributed by atoms with Gasteiger partial charge in [-0.25, -0.2) is 9.29 Å². The molecule has 1 aliphatic rings. The maximum Gasteiger partial charge on any atom is 0.270 e. The second-order valence-electron chi connectivity index (χ2n) is 7.24. The number of halogens is 1. The summed E-state index contributed by atoms with van der Waals surface area (Å²) in [7, 11) is 1.49. The van der Waals surface area contributed by atoms with Crippen LogP contribution in [0.3, 0.4) is 0 Å². The fraction of sp³-hybridized carbons (Fsp3) is 0.125. The molecule has 0 unspecified atom stereocenters. The van der Waals surface area contributed by atoms with Gasteiger partial charge in [0.1, 0.15) is 17.1 Å². The van der Waals surface area contributed by atoms with Crippen molar-refractivity contribution in [3.8, 4) is 11.4 Å². The van der Waals surface area contributed by atoms with E-state index in [0.717, 1.165) is 5.69 Å². The summed E-state index contributed by atoms with van der Waals surface area (Å²) in [6.07, 6.45) is 1.50. The number of thiocarbonyl (C=S) groups is 1. The van der Waals surface area contributed by atoms with Crippen molar-refractivity contribution in [2.45, 2.75) is 13.8 Å². The molecule has 0 bridgehead atoms. The summed E-state index contributed by atoms with van der Waals surface area (Å²) in [5, 5.41) is 2.54. The molecule has 6 nitrogen and oxygen atoms in total. The Labute approximate surface area is 189 Å². The molecule has 0 radical (unpaired) electrons. The maximum absolute atomic E-state index is 14.4. The van der Waals surface area contributed by atoms with Gasteiger partial charge in [-0.05, 0) is 68.0 Å². The monoisotopic (exact) mass is 449 g/mol. The van der Waals surface area contributed by atoms with Gasteiger partial charge in [0.05, 0.1) is 18.5 Å². The Balaban J connectivity index is 1.80. The van der Waals surface area contributed by atoms with Gasteiger partial charge in [0, 0.05) is 11.4 Å². The lowest BCUT2D eigenvalue weighted by molar-refractivity contribution is -0.122. The number of methoxy groups -OCH3 is 1. The number of para-hydroxylation sites is 3. The number of nitrogens with zero attached hydrogens (tertiary/aromatic N) is 2. The van der Waals surface area contributed by atoms with Gasteiger partial charge in [0.25, 0.3) is 11.8 Å². The Hall–Kier alpha value is -3.78. The van der Waals surface area contributed by atoms with Gasteiger partial charge in [0.15, 0.2) is 5.11 Å². The second-order valence-corrected chi connectivity index (χ2v) is 7.63. The summed E-state index contributed by atoms with van der Waals surface area (Å²) < 4.78 is 21.5. The van der Waals surface area contributed by atoms with Gasteiger partial charge in [-0.2, -0.15) is 0 Å². The van der Waals surface area contributed by atoms with Crippen LogP contribution in [0.2, 0.25) is 0 Å². The number of benzene rings is 2. The van der Waals surface area contributed by atoms with E-state index in [0.29, 0.717) is 28.4 Å². The number of hydrogen-bond donors (Lipinski definition) is 1. The minimum absolute atomic E-state index is 0.0292. The number of carbonyl (C=O) groups is 2. The Morgan fingerprint density at radius 1 is 1.03 bits per heavy atom. The first-order valence-electron chi connectivity index (χ1n) is 9.81. The van der Waals surface area contributed by atoms with Crippen molar-refractivity contribution in [2.75, 3.05) is 12.0 Å². The van der Waals surface area contributed by atoms with Crippen molar-refractivity contribution in [3.05, 3.63) is 82.9 Å². The molecule has 0 saturated carbocycles. The molecule has 1 saturated heterocycles. The molecule has 32 heavy (non-hydrogen) atoms. The van der Waals surface area contributed by atoms with E-state index in [4.69, 9.17) is 17.0 Å². The van der Waals surface area contributed by atoms with Gasteiger partial charge >= 0.3 is 0 Å². The van der Waals surface area contributed by atoms with Crippen molar-refractivity contribution < 1.29 is 18.7 Å². The highest BCUT2D eigenvalue weighted by Gasteiger charge is 2.36. The van der Waals surface area contributed by atoms with Crippen molar-refractivity contribution >= 4 is 40.9 Å². The highest BCUT2D eigenvalue weighted by atomic mass is 32.1. The van der Waals surface area contributed by atoms with Crippen molar-refractivity contribution in [2.24, 2.45) is 0 Å². The SMILES string of the molecule is COc1ccccc1N1C(=O)/C(=C/c2cc(C)n(-c3ccccc3F)c2C)C(=O)NC1=S. The molecule has 4 rings (SSSR count). The van der Waals surface area contributed by atoms with Crippen LogP contribution in [-0.4, -0.2) is 28.6 Å². The number of amides is 2. The average molecular weight is 450 g/mol. The Morgan fingerprint density at radius 3 is 2.38 bits per heavy atom. The molecule has 1 N–H and O–H groups in total. The normalized spacial score (nSPS) is 15.3. The van der Waals surface area contributed by atoms with E-state index in [2.05, 4.69) is 5.32 Å². The van der Waals surface area contributed by atoms with Crippen LogP contribution in [0.4, 0.5) is 10.1 Å². The van der Waals surface area contributed by atoms with E-state index in [1.54, 1.807) is 60.0 Å². The number of ether oxygens (including phenoxy) is 1. The minimum Gasteiger partial charge on any atom is -0.495 e. The van der Waals surface area contributed by atoms with Crippen LogP contribution in [0.15, 0.2) is 60.2 Å². The van der Waals surface area contributed by atoms with Gasteiger partial charge in [-0.15, -0.1) is 0 Å². The predicted octanol–water partition coefficient (Wildman–Crippen LogP) is 4.07. The van der Waals surface area contributed by atoms with E-state index < -0.39 is 11.8 Å². The summed E-state index contributed by atoms with van der Waals surface area (Å²) in [5.41, 5.74) is 2.81. The molecular weight excluding hydrogens is 429 g/mol. The third-order valence-corrected chi connectivity index (χ3v) is 5.58. The van der Waals surface area contributed by atoms with E-state index in [1.165, 1.54) is 24.2 Å². The average Bonchev–Trinajstić information content (AvgIpc) is 3.04. The number of hydrogen-bond acceptors (Lipinski definition) is 4. The molecule has 1 aromatic heterocycles. The van der Waals surface area contributed by atoms with E-state index in [9.17, 15) is 14.0 Å². The van der Waals surface area contributed by atoms with E-state index >= 15 is 0 Å². The zero-order valence-electron chi connectivity index (χ0n) is 17.7. The van der Waals surface area contributed by atoms with Crippen LogP contribution in [0, 0.1) is 19.7 Å². The number of anilines is 1. The molecule has 8 heteroatoms. The van der Waals surface area contributed by atoms with Crippen LogP contribution < -0.4 is 15.0 Å². The zero-order chi connectivity index (χ0) is 23.0. The van der Waals surface area contributed by atoms with Gasteiger partial charge < -0.3 is 9.30 Å². The molecule has 0 atom stereocenters. The first kappa shape index (κ1) is 21.5. The predicted molar refractivity (Wildman–Crippen MR) is 124 cm³/mol. The van der Waals surface area contributed by atoms with Crippen LogP contribution in [0.1, 0.15) is 17.0 Å². The quantitative estimate of drug-likeness (QED) is 0.371. The van der Waals surface area contributed by atoms with Crippen LogP contribution in [0.5, 0.6) is 5.75 Å². The van der Waals surface area contributed by atoms with Crippen molar-refractivity contribution in [1.29, 1.82) is 0 Å². The molecule has 1 aliphatic heterocycles. The van der Waals surface area contributed by atoms with Crippen molar-refractivity contribution in [1.82, 2.24) is 9.88 Å². The van der Waals surface area contributed by atoms with E-state index in [1.807, 2.05) is 6.92 Å². The molecule has 1 fully saturated rings. The lowest BCUT2D eigenvalue weighted by atomic mass is 10.1. The summed E-state index contributed by atoms with van der Waals surface area (Å²) in [6, 6.07) is 15.1. The number of carbonyl (C=O) groups excluding carboxylic acids is 2. The van der Waals surface area contributed by atoms with Gasteiger partial charge in [-0.1, -0.05) is 24.3 Å². The largest absolute Gasteiger partial charge is 0.495 e. The summed E-state index contributed by atoms with van der Waals surface area (Å²) in [6.45, 7) is 3.64. The maximum atomic E-state index is 14.4. The molecule has 2 aromatic carbocycles. The molecule has 2 heterocycles. The van der Waals surface area contributed by atoms with Gasteiger partial charge in [0.2, 0.25) is 0 Å². The first-order valence-corrected chi connectivity index (χ1v) is 10.2. The Kier molecular flexibility index (Phi) is 5.63. The molecule has 162 valence electrons. The van der Waals surface area contributed by atoms with E-state index in [-0.39, 0.29) is 16.5 Å². The molecule has 0 spiro atoms. The second kappa shape index (κ2) is 8.39. The minimum atomic E-state index is -0.596. The van der Waals surface area contributed by atoms with Crippen LogP contribution in [-0.2, 0) is 9.59 Å². The van der Waals surface area contributed by atoms with Crippen LogP contribution >= 0.6 is 12.2 Å². The summed E-state index contributed by atoms with van der Waals surface area (Å²) in [4.78, 5) is 27.2. The first-order chi connectivity index (χ1) is 15.3. The van der Waals surface area contributed by atoms with Crippen molar-refractivity contribution in [3.63, 3.8) is 0 Å². The van der Waals surface area contributed by atoms with Gasteiger partial charge in [-0.3, -0.25) is 14.9 Å². The third kappa shape index (κ3) is 3.58. The molecule has 0 aliphatic carbocycles. The molecular formula is C24H20FN3O3S. The number of rotatable bonds is 4. The number of aromatic nitrogens is 1. The Bertz CT molecular complexity index is 1300. The molecule has 3 aromatic rings. The zero-order valence-corrected chi connectivity index (χ0v) is 18.5. The lowest BCUT2D eigenvalue weighted by Gasteiger charge is -2.29. The van der Waals surface area contributed by atoms with Crippen LogP contribution in [0.25, 0.3) is 11.8 Å². The highest BCUT2D eigenvalue weighted by molar-refractivity contribution is 7.80. The third-order valence-electron chi connectivity index (χ3n) is 5.29. The fourth-order valence-electron chi connectivity index (χ4n) is 3.78. The Morgan fingerprint density at radius 2 is 1.69 bits per heavy atom. The standard InChI is InChI=1S/C24H20FN3O3S/c1-14-12-16(15(2)27(14)19-9-5-4-8-18(19)25)13-17-22(29)26-24(32)28(23(17)30)20-10-6-7-11-21(20)31-3/h4-13H,1-3H3,(H,26,29,32)/b17-13+.